The molecular formula is C17H25N3O. The van der Waals surface area contributed by atoms with Crippen LogP contribution in [-0.2, 0) is 10.2 Å². The fourth-order valence-corrected chi connectivity index (χ4v) is 3.94. The van der Waals surface area contributed by atoms with Gasteiger partial charge in [-0.05, 0) is 37.2 Å². The standard InChI is InChI=1S/C17H25N3O/c1-11(2)15(21)18-12-6-7-14-13(10-12)17(3)8-9-19(4)16(17)20(14)5/h6-7,10-11,16H,8-9H2,1-5H3,(H,18,21). The lowest BCUT2D eigenvalue weighted by Gasteiger charge is -2.32. The molecule has 1 aromatic carbocycles. The van der Waals surface area contributed by atoms with Gasteiger partial charge in [0.1, 0.15) is 0 Å². The van der Waals surface area contributed by atoms with E-state index >= 15 is 0 Å². The molecule has 0 aliphatic carbocycles. The minimum atomic E-state index is 0.00174. The number of rotatable bonds is 2. The van der Waals surface area contributed by atoms with Crippen molar-refractivity contribution in [2.24, 2.45) is 5.92 Å². The fraction of sp³-hybridized carbons (Fsp3) is 0.588. The Labute approximate surface area is 127 Å². The Morgan fingerprint density at radius 3 is 2.76 bits per heavy atom. The van der Waals surface area contributed by atoms with E-state index in [9.17, 15) is 4.79 Å². The molecule has 2 atom stereocenters. The van der Waals surface area contributed by atoms with Crippen molar-refractivity contribution in [1.29, 1.82) is 0 Å². The normalized spacial score (nSPS) is 27.9. The largest absolute Gasteiger partial charge is 0.358 e. The zero-order valence-electron chi connectivity index (χ0n) is 13.6. The Morgan fingerprint density at radius 2 is 2.10 bits per heavy atom. The second-order valence-corrected chi connectivity index (χ2v) is 7.01. The van der Waals surface area contributed by atoms with Gasteiger partial charge in [-0.25, -0.2) is 0 Å². The SMILES string of the molecule is CC(C)C(=O)Nc1ccc2c(c1)C1(C)CCN(C)C1N2C. The summed E-state index contributed by atoms with van der Waals surface area (Å²) >= 11 is 0. The van der Waals surface area contributed by atoms with E-state index in [0.29, 0.717) is 6.17 Å². The Kier molecular flexibility index (Phi) is 3.24. The van der Waals surface area contributed by atoms with Gasteiger partial charge in [0, 0.05) is 36.3 Å². The molecule has 1 amide bonds. The van der Waals surface area contributed by atoms with E-state index in [2.05, 4.69) is 48.3 Å². The molecule has 4 nitrogen and oxygen atoms in total. The Hall–Kier alpha value is -1.55. The quantitative estimate of drug-likeness (QED) is 0.908. The number of likely N-dealkylation sites (tertiary alicyclic amines) is 1. The summed E-state index contributed by atoms with van der Waals surface area (Å²) in [5, 5.41) is 3.02. The second kappa shape index (κ2) is 4.73. The van der Waals surface area contributed by atoms with Gasteiger partial charge in [0.05, 0.1) is 6.17 Å². The van der Waals surface area contributed by atoms with Crippen molar-refractivity contribution in [3.63, 3.8) is 0 Å². The van der Waals surface area contributed by atoms with Gasteiger partial charge in [-0.1, -0.05) is 20.8 Å². The third-order valence-corrected chi connectivity index (χ3v) is 5.12. The summed E-state index contributed by atoms with van der Waals surface area (Å²) in [7, 11) is 4.36. The van der Waals surface area contributed by atoms with Gasteiger partial charge in [0.2, 0.25) is 5.91 Å². The van der Waals surface area contributed by atoms with E-state index in [1.165, 1.54) is 11.3 Å². The lowest BCUT2D eigenvalue weighted by molar-refractivity contribution is -0.118. The predicted octanol–water partition coefficient (Wildman–Crippen LogP) is 2.65. The molecular weight excluding hydrogens is 262 g/mol. The lowest BCUT2D eigenvalue weighted by Crippen LogP contribution is -2.45. The van der Waals surface area contributed by atoms with Crippen LogP contribution in [0.15, 0.2) is 18.2 Å². The summed E-state index contributed by atoms with van der Waals surface area (Å²) in [4.78, 5) is 16.7. The van der Waals surface area contributed by atoms with Gasteiger partial charge in [-0.3, -0.25) is 9.69 Å². The number of likely N-dealkylation sites (N-methyl/N-ethyl adjacent to an activating group) is 2. The summed E-state index contributed by atoms with van der Waals surface area (Å²) in [5.41, 5.74) is 3.71. The maximum absolute atomic E-state index is 11.9. The van der Waals surface area contributed by atoms with E-state index in [1.54, 1.807) is 0 Å². The van der Waals surface area contributed by atoms with Crippen LogP contribution in [0.1, 0.15) is 32.8 Å². The summed E-state index contributed by atoms with van der Waals surface area (Å²) in [6.45, 7) is 7.30. The molecule has 0 spiro atoms. The molecule has 114 valence electrons. The van der Waals surface area contributed by atoms with Gasteiger partial charge in [0.15, 0.2) is 0 Å². The molecule has 0 radical (unpaired) electrons. The van der Waals surface area contributed by atoms with Gasteiger partial charge < -0.3 is 10.2 Å². The number of fused-ring (bicyclic) bond motifs is 3. The number of benzene rings is 1. The van der Waals surface area contributed by atoms with Crippen LogP contribution in [0.25, 0.3) is 0 Å². The van der Waals surface area contributed by atoms with E-state index in [0.717, 1.165) is 18.7 Å². The van der Waals surface area contributed by atoms with Crippen LogP contribution in [-0.4, -0.2) is 37.6 Å². The van der Waals surface area contributed by atoms with E-state index in [1.807, 2.05) is 19.9 Å². The van der Waals surface area contributed by atoms with Crippen LogP contribution < -0.4 is 10.2 Å². The highest BCUT2D eigenvalue weighted by atomic mass is 16.1. The molecule has 0 saturated carbocycles. The predicted molar refractivity (Wildman–Crippen MR) is 86.7 cm³/mol. The molecule has 0 aromatic heterocycles. The minimum absolute atomic E-state index is 0.00174. The first-order valence-electron chi connectivity index (χ1n) is 7.73. The highest BCUT2D eigenvalue weighted by Crippen LogP contribution is 2.51. The Balaban J connectivity index is 1.97. The molecule has 2 aliphatic rings. The molecule has 2 heterocycles. The van der Waals surface area contributed by atoms with Gasteiger partial charge >= 0.3 is 0 Å². The number of amides is 1. The number of anilines is 2. The maximum atomic E-state index is 11.9. The summed E-state index contributed by atoms with van der Waals surface area (Å²) in [5.74, 6) is 0.0772. The topological polar surface area (TPSA) is 35.6 Å². The fourth-order valence-electron chi connectivity index (χ4n) is 3.94. The van der Waals surface area contributed by atoms with Crippen molar-refractivity contribution in [3.05, 3.63) is 23.8 Å². The Bertz CT molecular complexity index is 583. The van der Waals surface area contributed by atoms with Crippen molar-refractivity contribution in [3.8, 4) is 0 Å². The first kappa shape index (κ1) is 14.4. The van der Waals surface area contributed by atoms with E-state index in [4.69, 9.17) is 0 Å². The monoisotopic (exact) mass is 287 g/mol. The number of hydrogen-bond acceptors (Lipinski definition) is 3. The number of nitrogens with one attached hydrogen (secondary N) is 1. The number of nitrogens with zero attached hydrogens (tertiary/aromatic N) is 2. The third kappa shape index (κ3) is 2.04. The Morgan fingerprint density at radius 1 is 1.38 bits per heavy atom. The van der Waals surface area contributed by atoms with Crippen LogP contribution in [0.2, 0.25) is 0 Å². The molecule has 1 fully saturated rings. The van der Waals surface area contributed by atoms with Crippen LogP contribution in [0.5, 0.6) is 0 Å². The molecule has 1 N–H and O–H groups in total. The molecule has 1 aromatic rings. The van der Waals surface area contributed by atoms with E-state index < -0.39 is 0 Å². The smallest absolute Gasteiger partial charge is 0.226 e. The molecule has 0 bridgehead atoms. The third-order valence-electron chi connectivity index (χ3n) is 5.12. The van der Waals surface area contributed by atoms with Gasteiger partial charge in [0.25, 0.3) is 0 Å². The lowest BCUT2D eigenvalue weighted by atomic mass is 9.81. The zero-order chi connectivity index (χ0) is 15.4. The molecule has 2 aliphatic heterocycles. The average Bonchev–Trinajstić information content (AvgIpc) is 2.85. The first-order chi connectivity index (χ1) is 9.84. The van der Waals surface area contributed by atoms with Crippen LogP contribution >= 0.6 is 0 Å². The van der Waals surface area contributed by atoms with Crippen molar-refractivity contribution in [1.82, 2.24) is 4.90 Å². The summed E-state index contributed by atoms with van der Waals surface area (Å²) in [6, 6.07) is 6.33. The van der Waals surface area contributed by atoms with Crippen LogP contribution in [0, 0.1) is 5.92 Å². The number of carbonyl (C=O) groups is 1. The number of carbonyl (C=O) groups excluding carboxylic acids is 1. The molecule has 21 heavy (non-hydrogen) atoms. The van der Waals surface area contributed by atoms with Crippen molar-refractivity contribution >= 4 is 17.3 Å². The molecule has 2 unspecified atom stereocenters. The van der Waals surface area contributed by atoms with Crippen molar-refractivity contribution in [2.45, 2.75) is 38.8 Å². The van der Waals surface area contributed by atoms with Crippen molar-refractivity contribution < 1.29 is 4.79 Å². The molecule has 3 rings (SSSR count). The highest BCUT2D eigenvalue weighted by Gasteiger charge is 2.52. The van der Waals surface area contributed by atoms with Crippen LogP contribution in [0.3, 0.4) is 0 Å². The van der Waals surface area contributed by atoms with Gasteiger partial charge in [-0.2, -0.15) is 0 Å². The molecule has 4 heteroatoms. The summed E-state index contributed by atoms with van der Waals surface area (Å²) in [6.07, 6.45) is 1.58. The minimum Gasteiger partial charge on any atom is -0.358 e. The first-order valence-corrected chi connectivity index (χ1v) is 7.73. The van der Waals surface area contributed by atoms with Gasteiger partial charge in [-0.15, -0.1) is 0 Å². The highest BCUT2D eigenvalue weighted by molar-refractivity contribution is 5.92. The average molecular weight is 287 g/mol. The summed E-state index contributed by atoms with van der Waals surface area (Å²) < 4.78 is 0. The van der Waals surface area contributed by atoms with E-state index in [-0.39, 0.29) is 17.2 Å². The second-order valence-electron chi connectivity index (χ2n) is 7.01. The molecule has 1 saturated heterocycles. The maximum Gasteiger partial charge on any atom is 0.226 e. The number of hydrogen-bond donors (Lipinski definition) is 1. The zero-order valence-corrected chi connectivity index (χ0v) is 13.6. The van der Waals surface area contributed by atoms with Crippen LogP contribution in [0.4, 0.5) is 11.4 Å². The van der Waals surface area contributed by atoms with Crippen molar-refractivity contribution in [2.75, 3.05) is 30.9 Å².